The number of methoxy groups -OCH3 is 1. The van der Waals surface area contributed by atoms with Crippen LogP contribution in [0.15, 0.2) is 12.4 Å². The molecule has 37 heavy (non-hydrogen) atoms. The lowest BCUT2D eigenvalue weighted by Crippen LogP contribution is -2.27. The molecule has 4 N–H and O–H groups in total. The number of nitrogens with one attached hydrogen (secondary N) is 2. The number of nitrogen functional groups attached to an aromatic ring is 1. The first-order chi connectivity index (χ1) is 17.9. The fourth-order valence-electron chi connectivity index (χ4n) is 4.94. The maximum absolute atomic E-state index is 13.7. The van der Waals surface area contributed by atoms with E-state index in [-0.39, 0.29) is 18.4 Å². The van der Waals surface area contributed by atoms with Crippen LogP contribution in [-0.4, -0.2) is 57.7 Å². The summed E-state index contributed by atoms with van der Waals surface area (Å²) >= 11 is 0. The van der Waals surface area contributed by atoms with Gasteiger partial charge in [0.1, 0.15) is 23.2 Å². The first-order valence-electron chi connectivity index (χ1n) is 12.4. The number of hydrogen-bond donors (Lipinski definition) is 3. The van der Waals surface area contributed by atoms with Crippen molar-refractivity contribution in [3.8, 4) is 5.75 Å². The van der Waals surface area contributed by atoms with Crippen molar-refractivity contribution in [3.63, 3.8) is 0 Å². The number of amides is 1. The van der Waals surface area contributed by atoms with E-state index in [4.69, 9.17) is 15.2 Å². The van der Waals surface area contributed by atoms with Crippen LogP contribution in [-0.2, 0) is 16.1 Å². The molecule has 0 spiro atoms. The zero-order chi connectivity index (χ0) is 26.1. The lowest BCUT2D eigenvalue weighted by molar-refractivity contribution is -0.113. The van der Waals surface area contributed by atoms with Gasteiger partial charge in [-0.15, -0.1) is 0 Å². The molecule has 2 aliphatic heterocycles. The van der Waals surface area contributed by atoms with Crippen molar-refractivity contribution in [2.45, 2.75) is 40.2 Å². The summed E-state index contributed by atoms with van der Waals surface area (Å²) in [7, 11) is 1.63. The number of carbonyl (C=O) groups excluding carboxylic acids is 1. The van der Waals surface area contributed by atoms with Gasteiger partial charge >= 0.3 is 0 Å². The van der Waals surface area contributed by atoms with E-state index in [1.807, 2.05) is 20.8 Å². The highest BCUT2D eigenvalue weighted by molar-refractivity contribution is 6.35. The zero-order valence-corrected chi connectivity index (χ0v) is 21.6. The van der Waals surface area contributed by atoms with Gasteiger partial charge in [-0.3, -0.25) is 14.7 Å². The second-order valence-electron chi connectivity index (χ2n) is 9.48. The molecule has 2 aliphatic rings. The molecule has 5 heterocycles. The molecule has 194 valence electrons. The van der Waals surface area contributed by atoms with E-state index in [0.717, 1.165) is 61.0 Å². The largest absolute Gasteiger partial charge is 0.496 e. The van der Waals surface area contributed by atoms with Crippen LogP contribution in [0.4, 0.5) is 17.6 Å². The molecule has 0 atom stereocenters. The number of H-pyrrole nitrogens is 1. The maximum atomic E-state index is 13.7. The van der Waals surface area contributed by atoms with Crippen LogP contribution in [0.3, 0.4) is 0 Å². The molecular weight excluding hydrogens is 472 g/mol. The normalized spacial score (nSPS) is 16.9. The Balaban J connectivity index is 1.44. The lowest BCUT2D eigenvalue weighted by atomic mass is 10.0. The number of nitrogens with zero attached hydrogens (tertiary/aromatic N) is 5. The average Bonchev–Trinajstić information content (AvgIpc) is 3.43. The van der Waals surface area contributed by atoms with Gasteiger partial charge in [-0.2, -0.15) is 4.98 Å². The third kappa shape index (κ3) is 4.86. The van der Waals surface area contributed by atoms with Crippen molar-refractivity contribution in [1.82, 2.24) is 24.9 Å². The van der Waals surface area contributed by atoms with Crippen LogP contribution >= 0.6 is 0 Å². The number of pyridine rings is 1. The van der Waals surface area contributed by atoms with Gasteiger partial charge in [-0.25, -0.2) is 9.97 Å². The Morgan fingerprint density at radius 3 is 2.76 bits per heavy atom. The number of hydrogen-bond acceptors (Lipinski definition) is 9. The van der Waals surface area contributed by atoms with E-state index in [9.17, 15) is 4.79 Å². The Kier molecular flexibility index (Phi) is 6.79. The summed E-state index contributed by atoms with van der Waals surface area (Å²) in [6.45, 7) is 8.37. The molecule has 0 saturated carbocycles. The Morgan fingerprint density at radius 2 is 2.00 bits per heavy atom. The molecule has 1 amide bonds. The predicted octanol–water partition coefficient (Wildman–Crippen LogP) is 3.04. The molecule has 11 nitrogen and oxygen atoms in total. The van der Waals surface area contributed by atoms with Crippen molar-refractivity contribution in [1.29, 1.82) is 0 Å². The highest BCUT2D eigenvalue weighted by Gasteiger charge is 2.37. The summed E-state index contributed by atoms with van der Waals surface area (Å²) in [5, 5.41) is 3.41. The summed E-state index contributed by atoms with van der Waals surface area (Å²) in [6, 6.07) is 0. The highest BCUT2D eigenvalue weighted by atomic mass is 16.5. The molecule has 1 fully saturated rings. The molecule has 0 aromatic carbocycles. The number of carbonyl (C=O) groups is 1. The number of nitrogens with two attached hydrogens (primary N) is 1. The Bertz CT molecular complexity index is 1360. The van der Waals surface area contributed by atoms with E-state index in [2.05, 4.69) is 30.2 Å². The second kappa shape index (κ2) is 10.2. The topological polar surface area (TPSA) is 144 Å². The molecule has 1 saturated heterocycles. The van der Waals surface area contributed by atoms with Crippen LogP contribution in [0.25, 0.3) is 11.6 Å². The minimum absolute atomic E-state index is 0.110. The monoisotopic (exact) mass is 504 g/mol. The van der Waals surface area contributed by atoms with E-state index in [0.29, 0.717) is 34.4 Å². The molecule has 5 rings (SSSR count). The average molecular weight is 505 g/mol. The minimum atomic E-state index is -0.216. The smallest absolute Gasteiger partial charge is 0.260 e. The van der Waals surface area contributed by atoms with Crippen LogP contribution in [0.5, 0.6) is 5.75 Å². The van der Waals surface area contributed by atoms with E-state index < -0.39 is 0 Å². The van der Waals surface area contributed by atoms with Gasteiger partial charge in [0, 0.05) is 37.1 Å². The van der Waals surface area contributed by atoms with Crippen LogP contribution in [0.2, 0.25) is 0 Å². The van der Waals surface area contributed by atoms with Crippen molar-refractivity contribution in [2.75, 3.05) is 42.8 Å². The Hall–Kier alpha value is -3.99. The minimum Gasteiger partial charge on any atom is -0.496 e. The Morgan fingerprint density at radius 1 is 1.22 bits per heavy atom. The van der Waals surface area contributed by atoms with E-state index in [1.165, 1.54) is 0 Å². The van der Waals surface area contributed by atoms with Crippen molar-refractivity contribution in [2.24, 2.45) is 5.92 Å². The molecule has 0 aliphatic carbocycles. The standard InChI is InChI=1S/C26H32N8O3/c1-14-10-28-19(15(2)23(14)36-4)13-34-24-22(16(3)31-26(27)33-24)18(25(34)35)9-20-30-12-21(32-20)29-11-17-5-7-37-8-6-17/h9-10,12,17,29H,5-8,11,13H2,1-4H3,(H,30,32)(H2,27,31,33)/b18-9-. The van der Waals surface area contributed by atoms with Crippen molar-refractivity contribution < 1.29 is 14.3 Å². The Labute approximate surface area is 215 Å². The summed E-state index contributed by atoms with van der Waals surface area (Å²) in [5.74, 6) is 3.05. The number of rotatable bonds is 7. The fourth-order valence-corrected chi connectivity index (χ4v) is 4.94. The van der Waals surface area contributed by atoms with Gasteiger partial charge in [0.25, 0.3) is 5.91 Å². The second-order valence-corrected chi connectivity index (χ2v) is 9.48. The van der Waals surface area contributed by atoms with E-state index in [1.54, 1.807) is 30.5 Å². The number of aryl methyl sites for hydroxylation is 2. The summed E-state index contributed by atoms with van der Waals surface area (Å²) in [6.07, 6.45) is 7.31. The van der Waals surface area contributed by atoms with Gasteiger partial charge in [-0.05, 0) is 45.6 Å². The molecular formula is C26H32N8O3. The highest BCUT2D eigenvalue weighted by Crippen LogP contribution is 2.39. The molecule has 0 unspecified atom stereocenters. The zero-order valence-electron chi connectivity index (χ0n) is 21.6. The van der Waals surface area contributed by atoms with Crippen molar-refractivity contribution in [3.05, 3.63) is 46.3 Å². The SMILES string of the molecule is COc1c(C)cnc(CN2C(=O)/C(=C\c3ncc(NCC4CCOCC4)[nH]3)c3c(C)nc(N)nc32)c1C. The van der Waals surface area contributed by atoms with Crippen LogP contribution < -0.4 is 20.7 Å². The van der Waals surface area contributed by atoms with Crippen LogP contribution in [0.1, 0.15) is 46.7 Å². The number of ether oxygens (including phenoxy) is 2. The number of aromatic nitrogens is 5. The first-order valence-corrected chi connectivity index (χ1v) is 12.4. The van der Waals surface area contributed by atoms with Gasteiger partial charge in [0.05, 0.1) is 42.4 Å². The number of anilines is 3. The number of imidazole rings is 1. The summed E-state index contributed by atoms with van der Waals surface area (Å²) in [5.41, 5.74) is 10.2. The van der Waals surface area contributed by atoms with Crippen molar-refractivity contribution >= 4 is 35.1 Å². The number of aromatic amines is 1. The third-order valence-corrected chi connectivity index (χ3v) is 6.94. The third-order valence-electron chi connectivity index (χ3n) is 6.94. The molecule has 3 aromatic heterocycles. The fraction of sp³-hybridized carbons (Fsp3) is 0.423. The van der Waals surface area contributed by atoms with Gasteiger partial charge in [0.2, 0.25) is 5.95 Å². The molecule has 0 radical (unpaired) electrons. The van der Waals surface area contributed by atoms with Gasteiger partial charge < -0.3 is 25.5 Å². The van der Waals surface area contributed by atoms with Gasteiger partial charge in [-0.1, -0.05) is 0 Å². The van der Waals surface area contributed by atoms with Crippen LogP contribution in [0, 0.1) is 26.7 Å². The predicted molar refractivity (Wildman–Crippen MR) is 141 cm³/mol. The lowest BCUT2D eigenvalue weighted by Gasteiger charge is -2.22. The molecule has 11 heteroatoms. The number of fused-ring (bicyclic) bond motifs is 1. The van der Waals surface area contributed by atoms with Gasteiger partial charge in [0.15, 0.2) is 0 Å². The quantitative estimate of drug-likeness (QED) is 0.413. The van der Waals surface area contributed by atoms with E-state index >= 15 is 0 Å². The molecule has 0 bridgehead atoms. The summed E-state index contributed by atoms with van der Waals surface area (Å²) in [4.78, 5) is 36.4. The first kappa shape index (κ1) is 24.7. The molecule has 3 aromatic rings. The maximum Gasteiger partial charge on any atom is 0.260 e. The summed E-state index contributed by atoms with van der Waals surface area (Å²) < 4.78 is 11.0.